The molecule has 0 atom stereocenters. The Bertz CT molecular complexity index is 253. The summed E-state index contributed by atoms with van der Waals surface area (Å²) >= 11 is 4.42. The van der Waals surface area contributed by atoms with E-state index in [0.717, 1.165) is 31.7 Å². The lowest BCUT2D eigenvalue weighted by Crippen LogP contribution is -2.45. The van der Waals surface area contributed by atoms with Crippen LogP contribution in [0.25, 0.3) is 0 Å². The topological polar surface area (TPSA) is 42.7 Å². The Hall–Kier alpha value is -0.550. The second-order valence-electron chi connectivity index (χ2n) is 3.47. The van der Waals surface area contributed by atoms with E-state index in [1.807, 2.05) is 4.68 Å². The molecule has 5 heteroatoms. The van der Waals surface area contributed by atoms with Gasteiger partial charge in [0.05, 0.1) is 5.54 Å². The van der Waals surface area contributed by atoms with Gasteiger partial charge in [0, 0.05) is 5.75 Å². The molecule has 0 radical (unpaired) electrons. The van der Waals surface area contributed by atoms with Gasteiger partial charge in [0.2, 0.25) is 0 Å². The average Bonchev–Trinajstić information content (AvgIpc) is 2.72. The molecule has 1 aliphatic rings. The molecule has 72 valence electrons. The maximum Gasteiger partial charge on any atom is 0.137 e. The Labute approximate surface area is 83.1 Å². The summed E-state index contributed by atoms with van der Waals surface area (Å²) in [5.74, 6) is 0.831. The fraction of sp³-hybridized carbons (Fsp3) is 0.750. The summed E-state index contributed by atoms with van der Waals surface area (Å²) in [6, 6.07) is 0. The van der Waals surface area contributed by atoms with Gasteiger partial charge in [-0.3, -0.25) is 0 Å². The summed E-state index contributed by atoms with van der Waals surface area (Å²) in [7, 11) is 0. The zero-order chi connectivity index (χ0) is 9.15. The molecule has 0 aromatic carbocycles. The number of nitrogens with zero attached hydrogens (tertiary/aromatic N) is 3. The van der Waals surface area contributed by atoms with Crippen LogP contribution in [0.1, 0.15) is 12.8 Å². The van der Waals surface area contributed by atoms with E-state index in [-0.39, 0.29) is 5.54 Å². The molecule has 13 heavy (non-hydrogen) atoms. The van der Waals surface area contributed by atoms with Gasteiger partial charge in [-0.1, -0.05) is 0 Å². The molecular formula is C8H14N4S. The summed E-state index contributed by atoms with van der Waals surface area (Å²) in [6.45, 7) is 2.08. The lowest BCUT2D eigenvalue weighted by Gasteiger charge is -2.36. The normalized spacial score (nSPS) is 21.6. The Morgan fingerprint density at radius 3 is 2.77 bits per heavy atom. The van der Waals surface area contributed by atoms with E-state index in [2.05, 4.69) is 28.0 Å². The van der Waals surface area contributed by atoms with Gasteiger partial charge < -0.3 is 5.32 Å². The van der Waals surface area contributed by atoms with Gasteiger partial charge in [-0.15, -0.1) is 0 Å². The van der Waals surface area contributed by atoms with Crippen molar-refractivity contribution in [2.75, 3.05) is 18.8 Å². The highest BCUT2D eigenvalue weighted by Crippen LogP contribution is 2.27. The van der Waals surface area contributed by atoms with Crippen molar-refractivity contribution in [2.45, 2.75) is 18.4 Å². The zero-order valence-corrected chi connectivity index (χ0v) is 8.37. The Morgan fingerprint density at radius 2 is 2.23 bits per heavy atom. The summed E-state index contributed by atoms with van der Waals surface area (Å²) in [5.41, 5.74) is 0.0882. The van der Waals surface area contributed by atoms with Crippen molar-refractivity contribution in [3.8, 4) is 0 Å². The highest BCUT2D eigenvalue weighted by Gasteiger charge is 2.33. The third-order valence-electron chi connectivity index (χ3n) is 2.73. The van der Waals surface area contributed by atoms with Crippen molar-refractivity contribution in [1.82, 2.24) is 20.1 Å². The van der Waals surface area contributed by atoms with Crippen LogP contribution in [0.2, 0.25) is 0 Å². The molecule has 2 rings (SSSR count). The van der Waals surface area contributed by atoms with Crippen LogP contribution in [-0.4, -0.2) is 33.6 Å². The van der Waals surface area contributed by atoms with Gasteiger partial charge in [-0.25, -0.2) is 9.67 Å². The minimum Gasteiger partial charge on any atom is -0.317 e. The number of hydrogen-bond acceptors (Lipinski definition) is 4. The summed E-state index contributed by atoms with van der Waals surface area (Å²) < 4.78 is 1.96. The monoisotopic (exact) mass is 198 g/mol. The van der Waals surface area contributed by atoms with Crippen molar-refractivity contribution in [1.29, 1.82) is 0 Å². The van der Waals surface area contributed by atoms with E-state index in [9.17, 15) is 0 Å². The third kappa shape index (κ3) is 1.58. The Morgan fingerprint density at radius 1 is 1.46 bits per heavy atom. The lowest BCUT2D eigenvalue weighted by atomic mass is 9.91. The molecule has 1 fully saturated rings. The smallest absolute Gasteiger partial charge is 0.137 e. The van der Waals surface area contributed by atoms with Crippen LogP contribution in [0.3, 0.4) is 0 Å². The molecule has 1 saturated heterocycles. The van der Waals surface area contributed by atoms with Gasteiger partial charge in [-0.2, -0.15) is 17.7 Å². The first-order chi connectivity index (χ1) is 6.37. The standard InChI is InChI=1S/C8H14N4S/c13-5-8(1-3-9-4-2-8)12-7-10-6-11-12/h6-7,9,13H,1-5H2. The van der Waals surface area contributed by atoms with E-state index in [1.165, 1.54) is 0 Å². The summed E-state index contributed by atoms with van der Waals surface area (Å²) in [4.78, 5) is 3.99. The van der Waals surface area contributed by atoms with Gasteiger partial charge in [-0.05, 0) is 25.9 Å². The van der Waals surface area contributed by atoms with E-state index in [4.69, 9.17) is 0 Å². The highest BCUT2D eigenvalue weighted by molar-refractivity contribution is 7.80. The first kappa shape index (κ1) is 9.02. The second-order valence-corrected chi connectivity index (χ2v) is 3.79. The molecule has 1 aromatic rings. The Balaban J connectivity index is 2.23. The van der Waals surface area contributed by atoms with Crippen LogP contribution < -0.4 is 5.32 Å². The third-order valence-corrected chi connectivity index (χ3v) is 3.32. The lowest BCUT2D eigenvalue weighted by molar-refractivity contribution is 0.216. The van der Waals surface area contributed by atoms with Crippen LogP contribution >= 0.6 is 12.6 Å². The number of aromatic nitrogens is 3. The molecule has 2 heterocycles. The van der Waals surface area contributed by atoms with Gasteiger partial charge in [0.1, 0.15) is 12.7 Å². The SMILES string of the molecule is SCC1(n2cncn2)CCNCC1. The van der Waals surface area contributed by atoms with Crippen LogP contribution in [0.15, 0.2) is 12.7 Å². The van der Waals surface area contributed by atoms with Crippen molar-refractivity contribution in [3.63, 3.8) is 0 Å². The molecule has 1 aliphatic heterocycles. The summed E-state index contributed by atoms with van der Waals surface area (Å²) in [5, 5.41) is 7.55. The molecule has 0 aliphatic carbocycles. The molecule has 0 saturated carbocycles. The second kappa shape index (κ2) is 3.67. The number of hydrogen-bond donors (Lipinski definition) is 2. The van der Waals surface area contributed by atoms with E-state index in [1.54, 1.807) is 12.7 Å². The molecule has 0 spiro atoms. The fourth-order valence-electron chi connectivity index (χ4n) is 1.80. The number of nitrogens with one attached hydrogen (secondary N) is 1. The minimum absolute atomic E-state index is 0.0882. The molecule has 0 bridgehead atoms. The van der Waals surface area contributed by atoms with E-state index in [0.29, 0.717) is 0 Å². The van der Waals surface area contributed by atoms with Crippen molar-refractivity contribution in [3.05, 3.63) is 12.7 Å². The van der Waals surface area contributed by atoms with E-state index >= 15 is 0 Å². The highest BCUT2D eigenvalue weighted by atomic mass is 32.1. The van der Waals surface area contributed by atoms with Crippen LogP contribution in [0.5, 0.6) is 0 Å². The van der Waals surface area contributed by atoms with Gasteiger partial charge in [0.25, 0.3) is 0 Å². The molecule has 1 aromatic heterocycles. The van der Waals surface area contributed by atoms with Crippen LogP contribution in [-0.2, 0) is 5.54 Å². The molecule has 0 amide bonds. The van der Waals surface area contributed by atoms with Crippen molar-refractivity contribution >= 4 is 12.6 Å². The quantitative estimate of drug-likeness (QED) is 0.671. The van der Waals surface area contributed by atoms with Crippen LogP contribution in [0.4, 0.5) is 0 Å². The predicted octanol–water partition coefficient (Wildman–Crippen LogP) is 0.287. The minimum atomic E-state index is 0.0882. The molecule has 1 N–H and O–H groups in total. The molecule has 0 unspecified atom stereocenters. The number of thiol groups is 1. The first-order valence-electron chi connectivity index (χ1n) is 4.54. The fourth-order valence-corrected chi connectivity index (χ4v) is 2.27. The number of piperidine rings is 1. The largest absolute Gasteiger partial charge is 0.317 e. The van der Waals surface area contributed by atoms with Crippen LogP contribution in [0, 0.1) is 0 Å². The molecule has 4 nitrogen and oxygen atoms in total. The first-order valence-corrected chi connectivity index (χ1v) is 5.17. The maximum atomic E-state index is 4.42. The van der Waals surface area contributed by atoms with E-state index < -0.39 is 0 Å². The molecular weight excluding hydrogens is 184 g/mol. The Kier molecular flexibility index (Phi) is 2.55. The average molecular weight is 198 g/mol. The maximum absolute atomic E-state index is 4.42. The van der Waals surface area contributed by atoms with Crippen molar-refractivity contribution in [2.24, 2.45) is 0 Å². The number of rotatable bonds is 2. The van der Waals surface area contributed by atoms with Gasteiger partial charge in [0.15, 0.2) is 0 Å². The summed E-state index contributed by atoms with van der Waals surface area (Å²) in [6.07, 6.45) is 5.55. The zero-order valence-electron chi connectivity index (χ0n) is 7.48. The predicted molar refractivity (Wildman–Crippen MR) is 54.0 cm³/mol. The van der Waals surface area contributed by atoms with Gasteiger partial charge >= 0.3 is 0 Å². The van der Waals surface area contributed by atoms with Crippen molar-refractivity contribution < 1.29 is 0 Å².